The lowest BCUT2D eigenvalue weighted by Gasteiger charge is -2.19. The summed E-state index contributed by atoms with van der Waals surface area (Å²) in [5.74, 6) is 1.10. The number of hydrogen-bond donors (Lipinski definition) is 1. The quantitative estimate of drug-likeness (QED) is 0.666. The fourth-order valence-electron chi connectivity index (χ4n) is 3.76. The molecule has 1 N–H and O–H groups in total. The second-order valence-electron chi connectivity index (χ2n) is 7.30. The Morgan fingerprint density at radius 2 is 1.68 bits per heavy atom. The first-order valence-corrected chi connectivity index (χ1v) is 9.92. The third-order valence-electron chi connectivity index (χ3n) is 5.18. The van der Waals surface area contributed by atoms with Crippen LogP contribution in [0.2, 0.25) is 0 Å². The molecule has 28 heavy (non-hydrogen) atoms. The third-order valence-corrected chi connectivity index (χ3v) is 5.18. The van der Waals surface area contributed by atoms with Crippen molar-refractivity contribution in [2.45, 2.75) is 19.8 Å². The molecule has 0 radical (unpaired) electrons. The molecule has 1 aliphatic heterocycles. The predicted molar refractivity (Wildman–Crippen MR) is 113 cm³/mol. The van der Waals surface area contributed by atoms with Gasteiger partial charge in [0.25, 0.3) is 0 Å². The summed E-state index contributed by atoms with van der Waals surface area (Å²) >= 11 is 0. The predicted octanol–water partition coefficient (Wildman–Crippen LogP) is 4.90. The van der Waals surface area contributed by atoms with Crippen LogP contribution in [0, 0.1) is 6.92 Å². The van der Waals surface area contributed by atoms with Crippen LogP contribution in [0.15, 0.2) is 60.7 Å². The lowest BCUT2D eigenvalue weighted by atomic mass is 9.97. The molecule has 2 aromatic carbocycles. The normalized spacial score (nSPS) is 14.3. The molecule has 0 bridgehead atoms. The maximum atomic E-state index is 9.71. The van der Waals surface area contributed by atoms with Crippen molar-refractivity contribution in [2.24, 2.45) is 0 Å². The van der Waals surface area contributed by atoms with Gasteiger partial charge < -0.3 is 9.84 Å². The summed E-state index contributed by atoms with van der Waals surface area (Å²) in [6, 6.07) is 19.4. The Bertz CT molecular complexity index is 917. The average Bonchev–Trinajstić information content (AvgIpc) is 3.23. The standard InChI is InChI=1S/C24H26N2O2/c1-18-17-22(28-16-15-26-13-5-6-14-26)23(19-9-11-21(27)12-10-19)24(25-18)20-7-3-2-4-8-20/h2-4,7-12,17,27H,5-6,13-16H2,1H3. The number of benzene rings is 2. The first-order chi connectivity index (χ1) is 13.7. The monoisotopic (exact) mass is 374 g/mol. The van der Waals surface area contributed by atoms with Gasteiger partial charge in [-0.15, -0.1) is 0 Å². The van der Waals surface area contributed by atoms with E-state index in [9.17, 15) is 5.11 Å². The molecule has 4 heteroatoms. The molecule has 0 saturated carbocycles. The highest BCUT2D eigenvalue weighted by atomic mass is 16.5. The molecule has 4 rings (SSSR count). The number of ether oxygens (including phenoxy) is 1. The minimum Gasteiger partial charge on any atom is -0.508 e. The molecule has 1 aromatic heterocycles. The molecule has 1 fully saturated rings. The molecule has 0 unspecified atom stereocenters. The number of nitrogens with zero attached hydrogens (tertiary/aromatic N) is 2. The summed E-state index contributed by atoms with van der Waals surface area (Å²) in [7, 11) is 0. The number of aryl methyl sites for hydroxylation is 1. The zero-order valence-corrected chi connectivity index (χ0v) is 16.3. The topological polar surface area (TPSA) is 45.6 Å². The Balaban J connectivity index is 1.72. The molecule has 1 saturated heterocycles. The molecular weight excluding hydrogens is 348 g/mol. The second-order valence-corrected chi connectivity index (χ2v) is 7.30. The van der Waals surface area contributed by atoms with E-state index >= 15 is 0 Å². The minimum absolute atomic E-state index is 0.251. The summed E-state index contributed by atoms with van der Waals surface area (Å²) in [4.78, 5) is 7.29. The van der Waals surface area contributed by atoms with Crippen LogP contribution in [0.1, 0.15) is 18.5 Å². The van der Waals surface area contributed by atoms with Crippen LogP contribution in [0.5, 0.6) is 11.5 Å². The second kappa shape index (κ2) is 8.44. The average molecular weight is 374 g/mol. The first-order valence-electron chi connectivity index (χ1n) is 9.92. The Kier molecular flexibility index (Phi) is 5.58. The van der Waals surface area contributed by atoms with Crippen molar-refractivity contribution >= 4 is 0 Å². The van der Waals surface area contributed by atoms with Gasteiger partial charge in [-0.05, 0) is 50.6 Å². The molecule has 1 aliphatic rings. The number of likely N-dealkylation sites (tertiary alicyclic amines) is 1. The Morgan fingerprint density at radius 3 is 2.39 bits per heavy atom. The van der Waals surface area contributed by atoms with Gasteiger partial charge >= 0.3 is 0 Å². The number of pyridine rings is 1. The van der Waals surface area contributed by atoms with Gasteiger partial charge in [-0.25, -0.2) is 0 Å². The van der Waals surface area contributed by atoms with Crippen molar-refractivity contribution in [2.75, 3.05) is 26.2 Å². The van der Waals surface area contributed by atoms with E-state index in [0.29, 0.717) is 6.61 Å². The molecule has 4 nitrogen and oxygen atoms in total. The molecule has 144 valence electrons. The van der Waals surface area contributed by atoms with Crippen LogP contribution in [-0.2, 0) is 0 Å². The van der Waals surface area contributed by atoms with E-state index < -0.39 is 0 Å². The third kappa shape index (κ3) is 4.18. The molecular formula is C24H26N2O2. The number of phenolic OH excluding ortho intramolecular Hbond substituents is 1. The van der Waals surface area contributed by atoms with Crippen molar-refractivity contribution in [3.05, 3.63) is 66.4 Å². The highest BCUT2D eigenvalue weighted by Crippen LogP contribution is 2.39. The van der Waals surface area contributed by atoms with Crippen LogP contribution in [-0.4, -0.2) is 41.2 Å². The zero-order chi connectivity index (χ0) is 19.3. The maximum absolute atomic E-state index is 9.71. The van der Waals surface area contributed by atoms with Crippen molar-refractivity contribution in [3.63, 3.8) is 0 Å². The van der Waals surface area contributed by atoms with Gasteiger partial charge in [0.15, 0.2) is 0 Å². The van der Waals surface area contributed by atoms with Gasteiger partial charge in [0, 0.05) is 23.9 Å². The van der Waals surface area contributed by atoms with Crippen molar-refractivity contribution in [1.82, 2.24) is 9.88 Å². The Hall–Kier alpha value is -2.85. The molecule has 0 aliphatic carbocycles. The molecule has 0 spiro atoms. The van der Waals surface area contributed by atoms with Gasteiger partial charge in [-0.3, -0.25) is 9.88 Å². The van der Waals surface area contributed by atoms with Gasteiger partial charge in [0.2, 0.25) is 0 Å². The molecule has 0 atom stereocenters. The fraction of sp³-hybridized carbons (Fsp3) is 0.292. The summed E-state index contributed by atoms with van der Waals surface area (Å²) in [6.07, 6.45) is 2.57. The molecule has 2 heterocycles. The van der Waals surface area contributed by atoms with Crippen molar-refractivity contribution in [1.29, 1.82) is 0 Å². The van der Waals surface area contributed by atoms with Crippen molar-refractivity contribution < 1.29 is 9.84 Å². The van der Waals surface area contributed by atoms with E-state index in [1.165, 1.54) is 25.9 Å². The summed E-state index contributed by atoms with van der Waals surface area (Å²) in [6.45, 7) is 5.93. The van der Waals surface area contributed by atoms with E-state index in [0.717, 1.165) is 40.4 Å². The number of phenols is 1. The number of hydrogen-bond acceptors (Lipinski definition) is 4. The first kappa shape index (κ1) is 18.5. The Morgan fingerprint density at radius 1 is 0.964 bits per heavy atom. The molecule has 0 amide bonds. The van der Waals surface area contributed by atoms with Crippen LogP contribution in [0.25, 0.3) is 22.4 Å². The van der Waals surface area contributed by atoms with Gasteiger partial charge in [0.1, 0.15) is 18.1 Å². The van der Waals surface area contributed by atoms with Crippen LogP contribution >= 0.6 is 0 Å². The highest BCUT2D eigenvalue weighted by Gasteiger charge is 2.17. The van der Waals surface area contributed by atoms with Crippen LogP contribution in [0.3, 0.4) is 0 Å². The van der Waals surface area contributed by atoms with E-state index in [1.807, 2.05) is 43.3 Å². The van der Waals surface area contributed by atoms with E-state index in [4.69, 9.17) is 9.72 Å². The highest BCUT2D eigenvalue weighted by molar-refractivity contribution is 5.85. The summed E-state index contributed by atoms with van der Waals surface area (Å²) in [5, 5.41) is 9.71. The smallest absolute Gasteiger partial charge is 0.131 e. The maximum Gasteiger partial charge on any atom is 0.131 e. The SMILES string of the molecule is Cc1cc(OCCN2CCCC2)c(-c2ccc(O)cc2)c(-c2ccccc2)n1. The van der Waals surface area contributed by atoms with E-state index in [1.54, 1.807) is 12.1 Å². The van der Waals surface area contributed by atoms with Gasteiger partial charge in [-0.2, -0.15) is 0 Å². The van der Waals surface area contributed by atoms with Gasteiger partial charge in [0.05, 0.1) is 11.3 Å². The zero-order valence-electron chi connectivity index (χ0n) is 16.3. The lowest BCUT2D eigenvalue weighted by Crippen LogP contribution is -2.25. The van der Waals surface area contributed by atoms with Crippen LogP contribution in [0.4, 0.5) is 0 Å². The molecule has 3 aromatic rings. The van der Waals surface area contributed by atoms with Gasteiger partial charge in [-0.1, -0.05) is 42.5 Å². The van der Waals surface area contributed by atoms with E-state index in [2.05, 4.69) is 17.0 Å². The number of rotatable bonds is 6. The van der Waals surface area contributed by atoms with Crippen LogP contribution < -0.4 is 4.74 Å². The fourth-order valence-corrected chi connectivity index (χ4v) is 3.76. The number of aromatic nitrogens is 1. The lowest BCUT2D eigenvalue weighted by molar-refractivity contribution is 0.238. The van der Waals surface area contributed by atoms with Crippen molar-refractivity contribution in [3.8, 4) is 33.9 Å². The number of aromatic hydroxyl groups is 1. The summed E-state index contributed by atoms with van der Waals surface area (Å²) in [5.41, 5.74) is 4.84. The van der Waals surface area contributed by atoms with E-state index in [-0.39, 0.29) is 5.75 Å². The Labute approximate surface area is 166 Å². The minimum atomic E-state index is 0.251. The summed E-state index contributed by atoms with van der Waals surface area (Å²) < 4.78 is 6.28. The largest absolute Gasteiger partial charge is 0.508 e.